The minimum Gasteiger partial charge on any atom is -0.494 e. The molecule has 0 unspecified atom stereocenters. The van der Waals surface area contributed by atoms with Crippen molar-refractivity contribution in [2.24, 2.45) is 0 Å². The van der Waals surface area contributed by atoms with Gasteiger partial charge < -0.3 is 14.6 Å². The van der Waals surface area contributed by atoms with E-state index in [-0.39, 0.29) is 17.7 Å². The standard InChI is InChI=1S/C14H19FO3/c1-3-18-11-8-14(16,9-11)7-10-4-5-13(17-2)12(15)6-10/h4-6,11,16H,3,7-9H2,1-2H3. The van der Waals surface area contributed by atoms with Crippen molar-refractivity contribution in [3.8, 4) is 5.75 Å². The molecule has 1 aromatic carbocycles. The van der Waals surface area contributed by atoms with E-state index in [1.807, 2.05) is 6.92 Å². The highest BCUT2D eigenvalue weighted by molar-refractivity contribution is 5.30. The quantitative estimate of drug-likeness (QED) is 0.876. The van der Waals surface area contributed by atoms with Crippen molar-refractivity contribution in [2.75, 3.05) is 13.7 Å². The smallest absolute Gasteiger partial charge is 0.165 e. The Labute approximate surface area is 107 Å². The van der Waals surface area contributed by atoms with Gasteiger partial charge in [-0.15, -0.1) is 0 Å². The van der Waals surface area contributed by atoms with Gasteiger partial charge in [0.25, 0.3) is 0 Å². The van der Waals surface area contributed by atoms with Crippen molar-refractivity contribution >= 4 is 0 Å². The van der Waals surface area contributed by atoms with E-state index in [1.165, 1.54) is 13.2 Å². The predicted molar refractivity (Wildman–Crippen MR) is 66.3 cm³/mol. The summed E-state index contributed by atoms with van der Waals surface area (Å²) in [5.41, 5.74) is 0.0340. The Kier molecular flexibility index (Phi) is 3.88. The lowest BCUT2D eigenvalue weighted by Crippen LogP contribution is -2.49. The van der Waals surface area contributed by atoms with E-state index in [4.69, 9.17) is 9.47 Å². The third-order valence-electron chi connectivity index (χ3n) is 3.37. The summed E-state index contributed by atoms with van der Waals surface area (Å²) in [7, 11) is 1.43. The second kappa shape index (κ2) is 5.24. The van der Waals surface area contributed by atoms with Gasteiger partial charge in [-0.25, -0.2) is 4.39 Å². The Hall–Kier alpha value is -1.13. The van der Waals surface area contributed by atoms with Crippen LogP contribution in [0, 0.1) is 5.82 Å². The van der Waals surface area contributed by atoms with Gasteiger partial charge in [0.2, 0.25) is 0 Å². The Morgan fingerprint density at radius 3 is 2.72 bits per heavy atom. The molecule has 4 heteroatoms. The van der Waals surface area contributed by atoms with E-state index in [1.54, 1.807) is 12.1 Å². The summed E-state index contributed by atoms with van der Waals surface area (Å²) < 4.78 is 23.8. The summed E-state index contributed by atoms with van der Waals surface area (Å²) in [6, 6.07) is 4.80. The van der Waals surface area contributed by atoms with Crippen molar-refractivity contribution in [3.05, 3.63) is 29.6 Å². The number of halogens is 1. The number of ether oxygens (including phenoxy) is 2. The molecule has 0 amide bonds. The van der Waals surface area contributed by atoms with Gasteiger partial charge in [-0.3, -0.25) is 0 Å². The minimum absolute atomic E-state index is 0.142. The topological polar surface area (TPSA) is 38.7 Å². The van der Waals surface area contributed by atoms with Gasteiger partial charge in [0.05, 0.1) is 18.8 Å². The first-order chi connectivity index (χ1) is 8.56. The Bertz CT molecular complexity index is 414. The van der Waals surface area contributed by atoms with Crippen LogP contribution in [0.2, 0.25) is 0 Å². The van der Waals surface area contributed by atoms with Crippen LogP contribution in [0.5, 0.6) is 5.75 Å². The van der Waals surface area contributed by atoms with Gasteiger partial charge in [-0.05, 0) is 24.6 Å². The van der Waals surface area contributed by atoms with Crippen LogP contribution in [-0.4, -0.2) is 30.5 Å². The van der Waals surface area contributed by atoms with Crippen molar-refractivity contribution in [3.63, 3.8) is 0 Å². The van der Waals surface area contributed by atoms with E-state index in [0.717, 1.165) is 5.56 Å². The summed E-state index contributed by atoms with van der Waals surface area (Å²) >= 11 is 0. The lowest BCUT2D eigenvalue weighted by atomic mass is 9.73. The van der Waals surface area contributed by atoms with E-state index < -0.39 is 5.60 Å². The zero-order valence-corrected chi connectivity index (χ0v) is 10.8. The molecular weight excluding hydrogens is 235 g/mol. The molecule has 0 saturated heterocycles. The summed E-state index contributed by atoms with van der Waals surface area (Å²) in [5, 5.41) is 10.2. The number of benzene rings is 1. The fourth-order valence-corrected chi connectivity index (χ4v) is 2.49. The summed E-state index contributed by atoms with van der Waals surface area (Å²) in [5.74, 6) is -0.161. The van der Waals surface area contributed by atoms with E-state index in [0.29, 0.717) is 25.9 Å². The molecule has 1 fully saturated rings. The molecule has 0 spiro atoms. The third-order valence-corrected chi connectivity index (χ3v) is 3.37. The number of aliphatic hydroxyl groups is 1. The first kappa shape index (κ1) is 13.3. The molecule has 0 aliphatic heterocycles. The maximum atomic E-state index is 13.5. The Balaban J connectivity index is 1.96. The molecule has 1 aliphatic rings. The molecule has 0 heterocycles. The monoisotopic (exact) mass is 254 g/mol. The normalized spacial score (nSPS) is 26.8. The summed E-state index contributed by atoms with van der Waals surface area (Å²) in [6.45, 7) is 2.61. The zero-order valence-electron chi connectivity index (χ0n) is 10.8. The Morgan fingerprint density at radius 2 is 2.17 bits per heavy atom. The minimum atomic E-state index is -0.749. The fraction of sp³-hybridized carbons (Fsp3) is 0.571. The largest absolute Gasteiger partial charge is 0.494 e. The number of methoxy groups -OCH3 is 1. The van der Waals surface area contributed by atoms with Crippen LogP contribution in [0.3, 0.4) is 0 Å². The molecule has 1 saturated carbocycles. The predicted octanol–water partition coefficient (Wildman–Crippen LogP) is 2.31. The van der Waals surface area contributed by atoms with Gasteiger partial charge in [0.1, 0.15) is 0 Å². The van der Waals surface area contributed by atoms with Gasteiger partial charge in [-0.2, -0.15) is 0 Å². The van der Waals surface area contributed by atoms with Crippen LogP contribution in [-0.2, 0) is 11.2 Å². The van der Waals surface area contributed by atoms with Crippen LogP contribution < -0.4 is 4.74 Å². The fourth-order valence-electron chi connectivity index (χ4n) is 2.49. The van der Waals surface area contributed by atoms with E-state index >= 15 is 0 Å². The first-order valence-corrected chi connectivity index (χ1v) is 6.23. The summed E-state index contributed by atoms with van der Waals surface area (Å²) in [4.78, 5) is 0. The van der Waals surface area contributed by atoms with Crippen LogP contribution in [0.25, 0.3) is 0 Å². The second-order valence-corrected chi connectivity index (χ2v) is 4.86. The lowest BCUT2D eigenvalue weighted by Gasteiger charge is -2.43. The van der Waals surface area contributed by atoms with Crippen molar-refractivity contribution < 1.29 is 19.0 Å². The second-order valence-electron chi connectivity index (χ2n) is 4.86. The average molecular weight is 254 g/mol. The molecular formula is C14H19FO3. The van der Waals surface area contributed by atoms with Crippen LogP contribution in [0.1, 0.15) is 25.3 Å². The SMILES string of the molecule is CCOC1CC(O)(Cc2ccc(OC)c(F)c2)C1. The van der Waals surface area contributed by atoms with E-state index in [9.17, 15) is 9.50 Å². The number of hydrogen-bond acceptors (Lipinski definition) is 3. The highest BCUT2D eigenvalue weighted by Crippen LogP contribution is 2.37. The van der Waals surface area contributed by atoms with E-state index in [2.05, 4.69) is 0 Å². The molecule has 18 heavy (non-hydrogen) atoms. The van der Waals surface area contributed by atoms with Gasteiger partial charge >= 0.3 is 0 Å². The molecule has 0 radical (unpaired) electrons. The molecule has 0 aromatic heterocycles. The summed E-state index contributed by atoms with van der Waals surface area (Å²) in [6.07, 6.45) is 1.84. The van der Waals surface area contributed by atoms with Crippen LogP contribution in [0.15, 0.2) is 18.2 Å². The Morgan fingerprint density at radius 1 is 1.44 bits per heavy atom. The maximum Gasteiger partial charge on any atom is 0.165 e. The number of rotatable bonds is 5. The lowest BCUT2D eigenvalue weighted by molar-refractivity contribution is -0.136. The van der Waals surface area contributed by atoms with Crippen molar-refractivity contribution in [1.29, 1.82) is 0 Å². The van der Waals surface area contributed by atoms with Crippen LogP contribution >= 0.6 is 0 Å². The van der Waals surface area contributed by atoms with Gasteiger partial charge in [0, 0.05) is 25.9 Å². The molecule has 3 nitrogen and oxygen atoms in total. The van der Waals surface area contributed by atoms with Crippen molar-refractivity contribution in [2.45, 2.75) is 37.9 Å². The molecule has 2 rings (SSSR count). The van der Waals surface area contributed by atoms with Crippen molar-refractivity contribution in [1.82, 2.24) is 0 Å². The van der Waals surface area contributed by atoms with Gasteiger partial charge in [0.15, 0.2) is 11.6 Å². The highest BCUT2D eigenvalue weighted by Gasteiger charge is 2.43. The maximum absolute atomic E-state index is 13.5. The molecule has 1 aromatic rings. The molecule has 1 N–H and O–H groups in total. The zero-order chi connectivity index (χ0) is 13.2. The molecule has 0 atom stereocenters. The number of hydrogen-bond donors (Lipinski definition) is 1. The van der Waals surface area contributed by atoms with Crippen LogP contribution in [0.4, 0.5) is 4.39 Å². The first-order valence-electron chi connectivity index (χ1n) is 6.23. The molecule has 1 aliphatic carbocycles. The average Bonchev–Trinajstić information content (AvgIpc) is 2.27. The third kappa shape index (κ3) is 2.82. The van der Waals surface area contributed by atoms with Gasteiger partial charge in [-0.1, -0.05) is 6.07 Å². The highest BCUT2D eigenvalue weighted by atomic mass is 19.1. The molecule has 0 bridgehead atoms. The molecule has 100 valence electrons.